The van der Waals surface area contributed by atoms with Crippen molar-refractivity contribution in [1.82, 2.24) is 14.8 Å². The zero-order valence-electron chi connectivity index (χ0n) is 9.10. The summed E-state index contributed by atoms with van der Waals surface area (Å²) in [6.07, 6.45) is 0. The number of rotatable bonds is 1. The highest BCUT2D eigenvalue weighted by atomic mass is 15.3. The average Bonchev–Trinajstić information content (AvgIpc) is 2.59. The lowest BCUT2D eigenvalue weighted by atomic mass is 10.2. The van der Waals surface area contributed by atoms with Crippen molar-refractivity contribution in [3.05, 3.63) is 35.4 Å². The molecule has 1 heterocycles. The molecule has 5 heteroatoms. The van der Waals surface area contributed by atoms with Gasteiger partial charge in [-0.2, -0.15) is 10.4 Å². The molecule has 0 fully saturated rings. The molecule has 1 aromatic carbocycles. The predicted octanol–water partition coefficient (Wildman–Crippen LogP) is 1.34. The molecule has 0 aliphatic rings. The zero-order chi connectivity index (χ0) is 11.7. The first-order chi connectivity index (χ1) is 7.61. The fraction of sp³-hybridized carbons (Fsp3) is 0.182. The van der Waals surface area contributed by atoms with E-state index in [1.165, 1.54) is 0 Å². The second-order valence-electron chi connectivity index (χ2n) is 3.50. The minimum atomic E-state index is 0.449. The maximum absolute atomic E-state index is 8.89. The second kappa shape index (κ2) is 3.66. The van der Waals surface area contributed by atoms with Crippen molar-refractivity contribution in [2.24, 2.45) is 0 Å². The van der Waals surface area contributed by atoms with E-state index in [0.29, 0.717) is 17.1 Å². The number of nitrogen functional groups attached to an aromatic ring is 1. The first kappa shape index (κ1) is 10.2. The number of nitrogens with zero attached hydrogens (tertiary/aromatic N) is 4. The highest BCUT2D eigenvalue weighted by Gasteiger charge is 2.07. The summed E-state index contributed by atoms with van der Waals surface area (Å²) in [5, 5.41) is 13.1. The molecule has 5 nitrogen and oxygen atoms in total. The molecule has 0 saturated heterocycles. The molecule has 2 rings (SSSR count). The SMILES string of the molecule is Cc1nc(C)n(-c2ccc(N)c(C#N)c2)n1. The van der Waals surface area contributed by atoms with Gasteiger partial charge in [0.25, 0.3) is 0 Å². The molecule has 0 saturated carbocycles. The normalized spacial score (nSPS) is 10.1. The maximum atomic E-state index is 8.89. The van der Waals surface area contributed by atoms with Gasteiger partial charge in [-0.1, -0.05) is 0 Å². The molecule has 0 aliphatic carbocycles. The van der Waals surface area contributed by atoms with E-state index >= 15 is 0 Å². The number of hydrogen-bond acceptors (Lipinski definition) is 4. The smallest absolute Gasteiger partial charge is 0.148 e. The molecule has 0 aliphatic heterocycles. The Morgan fingerprint density at radius 1 is 1.38 bits per heavy atom. The molecule has 0 amide bonds. The summed E-state index contributed by atoms with van der Waals surface area (Å²) in [5.41, 5.74) is 7.37. The first-order valence-corrected chi connectivity index (χ1v) is 4.82. The van der Waals surface area contributed by atoms with Crippen LogP contribution in [0.15, 0.2) is 18.2 Å². The Morgan fingerprint density at radius 2 is 2.12 bits per heavy atom. The van der Waals surface area contributed by atoms with E-state index in [-0.39, 0.29) is 0 Å². The number of nitriles is 1. The lowest BCUT2D eigenvalue weighted by molar-refractivity contribution is 0.831. The molecule has 16 heavy (non-hydrogen) atoms. The van der Waals surface area contributed by atoms with Gasteiger partial charge in [-0.15, -0.1) is 0 Å². The largest absolute Gasteiger partial charge is 0.398 e. The highest BCUT2D eigenvalue weighted by molar-refractivity contribution is 5.58. The molecule has 2 N–H and O–H groups in total. The van der Waals surface area contributed by atoms with Gasteiger partial charge < -0.3 is 5.73 Å². The Bertz CT molecular complexity index is 577. The summed E-state index contributed by atoms with van der Waals surface area (Å²) >= 11 is 0. The van der Waals surface area contributed by atoms with Crippen LogP contribution < -0.4 is 5.73 Å². The van der Waals surface area contributed by atoms with E-state index in [9.17, 15) is 0 Å². The molecule has 0 spiro atoms. The lowest BCUT2D eigenvalue weighted by Crippen LogP contribution is -2.01. The zero-order valence-corrected chi connectivity index (χ0v) is 9.10. The minimum Gasteiger partial charge on any atom is -0.398 e. The fourth-order valence-electron chi connectivity index (χ4n) is 1.54. The third kappa shape index (κ3) is 1.61. The van der Waals surface area contributed by atoms with E-state index in [2.05, 4.69) is 10.1 Å². The maximum Gasteiger partial charge on any atom is 0.148 e. The van der Waals surface area contributed by atoms with Crippen LogP contribution in [-0.4, -0.2) is 14.8 Å². The molecule has 0 atom stereocenters. The standard InChI is InChI=1S/C11H11N5/c1-7-14-8(2)16(15-7)10-3-4-11(13)9(5-10)6-12/h3-5H,13H2,1-2H3. The average molecular weight is 213 g/mol. The molecule has 2 aromatic rings. The summed E-state index contributed by atoms with van der Waals surface area (Å²) in [6, 6.07) is 7.27. The van der Waals surface area contributed by atoms with Crippen LogP contribution in [0.3, 0.4) is 0 Å². The second-order valence-corrected chi connectivity index (χ2v) is 3.50. The third-order valence-corrected chi connectivity index (χ3v) is 2.28. The van der Waals surface area contributed by atoms with Crippen molar-refractivity contribution in [3.8, 4) is 11.8 Å². The molecule has 0 bridgehead atoms. The molecule has 1 aromatic heterocycles. The van der Waals surface area contributed by atoms with Gasteiger partial charge in [-0.3, -0.25) is 0 Å². The van der Waals surface area contributed by atoms with Crippen LogP contribution in [0.25, 0.3) is 5.69 Å². The summed E-state index contributed by atoms with van der Waals surface area (Å²) in [5.74, 6) is 1.49. The van der Waals surface area contributed by atoms with Gasteiger partial charge in [0.15, 0.2) is 0 Å². The molecular formula is C11H11N5. The van der Waals surface area contributed by atoms with Crippen LogP contribution >= 0.6 is 0 Å². The monoisotopic (exact) mass is 213 g/mol. The number of hydrogen-bond donors (Lipinski definition) is 1. The number of benzene rings is 1. The van der Waals surface area contributed by atoms with Crippen molar-refractivity contribution in [2.75, 3.05) is 5.73 Å². The summed E-state index contributed by atoms with van der Waals surface area (Å²) < 4.78 is 1.69. The van der Waals surface area contributed by atoms with E-state index in [0.717, 1.165) is 11.5 Å². The number of aryl methyl sites for hydroxylation is 2. The van der Waals surface area contributed by atoms with Crippen molar-refractivity contribution in [2.45, 2.75) is 13.8 Å². The van der Waals surface area contributed by atoms with Crippen LogP contribution in [-0.2, 0) is 0 Å². The van der Waals surface area contributed by atoms with Gasteiger partial charge in [0.05, 0.1) is 11.3 Å². The number of anilines is 1. The number of nitrogens with two attached hydrogens (primary N) is 1. The van der Waals surface area contributed by atoms with Crippen molar-refractivity contribution in [1.29, 1.82) is 5.26 Å². The van der Waals surface area contributed by atoms with Crippen LogP contribution in [0.4, 0.5) is 5.69 Å². The first-order valence-electron chi connectivity index (χ1n) is 4.82. The van der Waals surface area contributed by atoms with Crippen LogP contribution in [0.1, 0.15) is 17.2 Å². The van der Waals surface area contributed by atoms with Gasteiger partial charge in [0.1, 0.15) is 17.7 Å². The summed E-state index contributed by atoms with van der Waals surface area (Å²) in [6.45, 7) is 3.69. The van der Waals surface area contributed by atoms with E-state index < -0.39 is 0 Å². The highest BCUT2D eigenvalue weighted by Crippen LogP contribution is 2.16. The topological polar surface area (TPSA) is 80.5 Å². The Morgan fingerprint density at radius 3 is 2.69 bits per heavy atom. The van der Waals surface area contributed by atoms with Crippen molar-refractivity contribution < 1.29 is 0 Å². The molecule has 0 unspecified atom stereocenters. The fourth-order valence-corrected chi connectivity index (χ4v) is 1.54. The van der Waals surface area contributed by atoms with Crippen LogP contribution in [0.5, 0.6) is 0 Å². The minimum absolute atomic E-state index is 0.449. The Labute approximate surface area is 93.1 Å². The van der Waals surface area contributed by atoms with E-state index in [1.807, 2.05) is 26.0 Å². The number of aromatic nitrogens is 3. The van der Waals surface area contributed by atoms with Gasteiger partial charge in [-0.25, -0.2) is 9.67 Å². The molecule has 80 valence electrons. The summed E-state index contributed by atoms with van der Waals surface area (Å²) in [7, 11) is 0. The van der Waals surface area contributed by atoms with E-state index in [4.69, 9.17) is 11.0 Å². The van der Waals surface area contributed by atoms with Gasteiger partial charge in [-0.05, 0) is 32.0 Å². The van der Waals surface area contributed by atoms with Gasteiger partial charge in [0, 0.05) is 5.69 Å². The van der Waals surface area contributed by atoms with Gasteiger partial charge >= 0.3 is 0 Å². The van der Waals surface area contributed by atoms with Crippen LogP contribution in [0, 0.1) is 25.2 Å². The predicted molar refractivity (Wildman–Crippen MR) is 60.0 cm³/mol. The third-order valence-electron chi connectivity index (χ3n) is 2.28. The van der Waals surface area contributed by atoms with Crippen molar-refractivity contribution >= 4 is 5.69 Å². The van der Waals surface area contributed by atoms with Gasteiger partial charge in [0.2, 0.25) is 0 Å². The quantitative estimate of drug-likeness (QED) is 0.725. The lowest BCUT2D eigenvalue weighted by Gasteiger charge is -2.04. The van der Waals surface area contributed by atoms with E-state index in [1.54, 1.807) is 16.8 Å². The Hall–Kier alpha value is -2.35. The van der Waals surface area contributed by atoms with Crippen LogP contribution in [0.2, 0.25) is 0 Å². The Kier molecular flexibility index (Phi) is 2.33. The Balaban J connectivity index is 2.58. The molecule has 0 radical (unpaired) electrons. The van der Waals surface area contributed by atoms with Crippen molar-refractivity contribution in [3.63, 3.8) is 0 Å². The molecular weight excluding hydrogens is 202 g/mol. The summed E-state index contributed by atoms with van der Waals surface area (Å²) in [4.78, 5) is 4.20.